The molecule has 0 saturated heterocycles. The molecule has 2 rings (SSSR count). The first kappa shape index (κ1) is 16.5. The second-order valence-corrected chi connectivity index (χ2v) is 7.30. The molecule has 1 fully saturated rings. The van der Waals surface area contributed by atoms with E-state index in [1.165, 1.54) is 37.1 Å². The van der Waals surface area contributed by atoms with E-state index < -0.39 is 0 Å². The van der Waals surface area contributed by atoms with Crippen molar-refractivity contribution in [2.45, 2.75) is 58.5 Å². The van der Waals surface area contributed by atoms with Crippen LogP contribution in [0, 0.1) is 17.8 Å². The van der Waals surface area contributed by atoms with Crippen LogP contribution in [0.15, 0.2) is 11.4 Å². The van der Waals surface area contributed by atoms with E-state index in [0.29, 0.717) is 12.3 Å². The van der Waals surface area contributed by atoms with Gasteiger partial charge in [-0.05, 0) is 30.2 Å². The van der Waals surface area contributed by atoms with E-state index in [0.717, 1.165) is 18.2 Å². The van der Waals surface area contributed by atoms with Gasteiger partial charge in [0.2, 0.25) is 0 Å². The Morgan fingerprint density at radius 2 is 2.14 bits per heavy atom. The molecule has 0 aromatic carbocycles. The number of thiophene rings is 1. The van der Waals surface area contributed by atoms with Gasteiger partial charge in [0, 0.05) is 36.0 Å². The summed E-state index contributed by atoms with van der Waals surface area (Å²) in [5.74, 6) is 6.97. The molecule has 0 amide bonds. The van der Waals surface area contributed by atoms with Crippen molar-refractivity contribution >= 4 is 11.3 Å². The van der Waals surface area contributed by atoms with Crippen LogP contribution in [-0.4, -0.2) is 29.2 Å². The Morgan fingerprint density at radius 3 is 2.81 bits per heavy atom. The van der Waals surface area contributed by atoms with Crippen LogP contribution in [0.4, 0.5) is 0 Å². The molecule has 1 aromatic rings. The first-order chi connectivity index (χ1) is 10.2. The molecule has 2 nitrogen and oxygen atoms in total. The molecule has 1 aliphatic rings. The van der Waals surface area contributed by atoms with Crippen molar-refractivity contribution in [2.24, 2.45) is 5.92 Å². The first-order valence-corrected chi connectivity index (χ1v) is 8.98. The van der Waals surface area contributed by atoms with E-state index in [1.54, 1.807) is 0 Å². The Kier molecular flexibility index (Phi) is 6.76. The lowest BCUT2D eigenvalue weighted by Crippen LogP contribution is -2.35. The van der Waals surface area contributed by atoms with Crippen LogP contribution in [0.3, 0.4) is 0 Å². The number of aliphatic hydroxyl groups excluding tert-OH is 1. The van der Waals surface area contributed by atoms with Gasteiger partial charge in [0.15, 0.2) is 0 Å². The van der Waals surface area contributed by atoms with Crippen LogP contribution < -0.4 is 0 Å². The summed E-state index contributed by atoms with van der Waals surface area (Å²) in [6.45, 7) is 6.96. The third-order valence-corrected chi connectivity index (χ3v) is 4.90. The molecule has 1 aromatic heterocycles. The van der Waals surface area contributed by atoms with Crippen molar-refractivity contribution in [1.29, 1.82) is 0 Å². The molecule has 3 heteroatoms. The average molecular weight is 305 g/mol. The molecule has 1 saturated carbocycles. The van der Waals surface area contributed by atoms with Gasteiger partial charge in [-0.3, -0.25) is 4.90 Å². The van der Waals surface area contributed by atoms with Crippen molar-refractivity contribution in [1.82, 2.24) is 4.90 Å². The number of hydrogen-bond donors (Lipinski definition) is 1. The standard InChI is InChI=1S/C18H27NOS/c1-15(2)13-19(17-8-3-4-9-17)14-18-16(10-12-21-18)7-5-6-11-20/h10,12,15,17,20H,3-4,6,8-9,11,13-14H2,1-2H3. The summed E-state index contributed by atoms with van der Waals surface area (Å²) < 4.78 is 0. The minimum Gasteiger partial charge on any atom is -0.395 e. The van der Waals surface area contributed by atoms with Crippen LogP contribution >= 0.6 is 11.3 Å². The Morgan fingerprint density at radius 1 is 1.38 bits per heavy atom. The zero-order valence-electron chi connectivity index (χ0n) is 13.3. The second kappa shape index (κ2) is 8.58. The lowest BCUT2D eigenvalue weighted by Gasteiger charge is -2.30. The molecule has 0 spiro atoms. The lowest BCUT2D eigenvalue weighted by molar-refractivity contribution is 0.170. The maximum absolute atomic E-state index is 8.84. The highest BCUT2D eigenvalue weighted by Gasteiger charge is 2.24. The summed E-state index contributed by atoms with van der Waals surface area (Å²) in [6.07, 6.45) is 6.03. The summed E-state index contributed by atoms with van der Waals surface area (Å²) in [5.41, 5.74) is 1.15. The third kappa shape index (κ3) is 5.14. The maximum atomic E-state index is 8.84. The van der Waals surface area contributed by atoms with Crippen molar-refractivity contribution in [3.05, 3.63) is 21.9 Å². The highest BCUT2D eigenvalue weighted by molar-refractivity contribution is 7.10. The van der Waals surface area contributed by atoms with Gasteiger partial charge >= 0.3 is 0 Å². The van der Waals surface area contributed by atoms with Crippen LogP contribution in [0.2, 0.25) is 0 Å². The SMILES string of the molecule is CC(C)CN(Cc1sccc1C#CCCO)C1CCCC1. The largest absolute Gasteiger partial charge is 0.395 e. The predicted octanol–water partition coefficient (Wildman–Crippen LogP) is 3.88. The van der Waals surface area contributed by atoms with Gasteiger partial charge in [-0.15, -0.1) is 11.3 Å². The van der Waals surface area contributed by atoms with Crippen molar-refractivity contribution < 1.29 is 5.11 Å². The third-order valence-electron chi connectivity index (χ3n) is 3.99. The fraction of sp³-hybridized carbons (Fsp3) is 0.667. The van der Waals surface area contributed by atoms with Crippen molar-refractivity contribution in [3.63, 3.8) is 0 Å². The van der Waals surface area contributed by atoms with E-state index in [2.05, 4.69) is 42.0 Å². The number of hydrogen-bond acceptors (Lipinski definition) is 3. The summed E-state index contributed by atoms with van der Waals surface area (Å²) in [6, 6.07) is 2.87. The molecular formula is C18H27NOS. The zero-order valence-corrected chi connectivity index (χ0v) is 14.1. The van der Waals surface area contributed by atoms with Gasteiger partial charge in [0.1, 0.15) is 0 Å². The molecule has 116 valence electrons. The fourth-order valence-corrected chi connectivity index (χ4v) is 3.91. The Hall–Kier alpha value is -0.820. The van der Waals surface area contributed by atoms with Crippen molar-refractivity contribution in [2.75, 3.05) is 13.2 Å². The van der Waals surface area contributed by atoms with E-state index in [-0.39, 0.29) is 6.61 Å². The summed E-state index contributed by atoms with van der Waals surface area (Å²) in [7, 11) is 0. The highest BCUT2D eigenvalue weighted by Crippen LogP contribution is 2.27. The van der Waals surface area contributed by atoms with Crippen LogP contribution in [0.25, 0.3) is 0 Å². The first-order valence-electron chi connectivity index (χ1n) is 8.11. The van der Waals surface area contributed by atoms with E-state index >= 15 is 0 Å². The van der Waals surface area contributed by atoms with Crippen molar-refractivity contribution in [3.8, 4) is 11.8 Å². The van der Waals surface area contributed by atoms with Gasteiger partial charge in [0.25, 0.3) is 0 Å². The molecule has 1 aliphatic carbocycles. The molecule has 0 atom stereocenters. The van der Waals surface area contributed by atoms with E-state index in [1.807, 2.05) is 11.3 Å². The zero-order chi connectivity index (χ0) is 15.1. The molecule has 21 heavy (non-hydrogen) atoms. The minimum absolute atomic E-state index is 0.147. The van der Waals surface area contributed by atoms with Gasteiger partial charge in [-0.25, -0.2) is 0 Å². The van der Waals surface area contributed by atoms with Crippen LogP contribution in [0.5, 0.6) is 0 Å². The van der Waals surface area contributed by atoms with E-state index in [9.17, 15) is 0 Å². The number of nitrogens with zero attached hydrogens (tertiary/aromatic N) is 1. The molecule has 0 bridgehead atoms. The molecule has 0 aliphatic heterocycles. The topological polar surface area (TPSA) is 23.5 Å². The Bertz CT molecular complexity index is 477. The molecule has 1 N–H and O–H groups in total. The molecule has 0 unspecified atom stereocenters. The van der Waals surface area contributed by atoms with Gasteiger partial charge in [-0.2, -0.15) is 0 Å². The smallest absolute Gasteiger partial charge is 0.0540 e. The van der Waals surface area contributed by atoms with Gasteiger partial charge in [0.05, 0.1) is 6.61 Å². The lowest BCUT2D eigenvalue weighted by atomic mass is 10.1. The van der Waals surface area contributed by atoms with Gasteiger partial charge in [-0.1, -0.05) is 38.5 Å². The number of aliphatic hydroxyl groups is 1. The Labute approximate surface area is 133 Å². The van der Waals surface area contributed by atoms with Crippen LogP contribution in [0.1, 0.15) is 56.4 Å². The van der Waals surface area contributed by atoms with Crippen LogP contribution in [-0.2, 0) is 6.54 Å². The average Bonchev–Trinajstić information content (AvgIpc) is 3.09. The molecular weight excluding hydrogens is 278 g/mol. The predicted molar refractivity (Wildman–Crippen MR) is 90.4 cm³/mol. The second-order valence-electron chi connectivity index (χ2n) is 6.29. The minimum atomic E-state index is 0.147. The fourth-order valence-electron chi connectivity index (χ4n) is 3.05. The molecule has 1 heterocycles. The van der Waals surface area contributed by atoms with E-state index in [4.69, 9.17) is 5.11 Å². The maximum Gasteiger partial charge on any atom is 0.0540 e. The Balaban J connectivity index is 2.06. The quantitative estimate of drug-likeness (QED) is 0.806. The summed E-state index contributed by atoms with van der Waals surface area (Å²) >= 11 is 1.82. The normalized spacial score (nSPS) is 15.7. The summed E-state index contributed by atoms with van der Waals surface area (Å²) in [5, 5.41) is 11.0. The summed E-state index contributed by atoms with van der Waals surface area (Å²) in [4.78, 5) is 4.05. The highest BCUT2D eigenvalue weighted by atomic mass is 32.1. The van der Waals surface area contributed by atoms with Gasteiger partial charge < -0.3 is 5.11 Å². The number of rotatable bonds is 6. The molecule has 0 radical (unpaired) electrons. The monoisotopic (exact) mass is 305 g/mol.